The van der Waals surface area contributed by atoms with Gasteiger partial charge in [-0.2, -0.15) is 0 Å². The smallest absolute Gasteiger partial charge is 0.0798 e. The maximum atomic E-state index is 5.52. The molecule has 0 atom stereocenters. The van der Waals surface area contributed by atoms with Crippen LogP contribution >= 0.6 is 0 Å². The summed E-state index contributed by atoms with van der Waals surface area (Å²) in [7, 11) is -1.34. The Morgan fingerprint density at radius 2 is 1.12 bits per heavy atom. The minimum absolute atomic E-state index is 0. The number of hydrogen-bond acceptors (Lipinski definition) is 2. The second kappa shape index (κ2) is 20.6. The van der Waals surface area contributed by atoms with E-state index in [2.05, 4.69) is 262 Å². The topological polar surface area (TPSA) is 40.6 Å². The van der Waals surface area contributed by atoms with Crippen LogP contribution in [-0.4, -0.2) is 31.7 Å². The molecule has 0 aliphatic heterocycles. The van der Waals surface area contributed by atoms with Crippen LogP contribution in [0.25, 0.3) is 94.4 Å². The van der Waals surface area contributed by atoms with Gasteiger partial charge in [0, 0.05) is 65.0 Å². The number of nitrogens with zero attached hydrogens (tertiary/aromatic N) is 5. The third-order valence-electron chi connectivity index (χ3n) is 14.3. The molecule has 4 heterocycles. The van der Waals surface area contributed by atoms with Crippen molar-refractivity contribution in [1.29, 1.82) is 0 Å². The van der Waals surface area contributed by atoms with Crippen LogP contribution in [0, 0.1) is 18.1 Å². The molecule has 1 radical (unpaired) electrons. The molecule has 12 aromatic rings. The standard InChI is InChI=1S/C49H39N4.C18H24NSi.Ir/c1-31(2)34-22-16-23-35(32(3)4)47(34)53-44-28-15-11-24-40(44)50-49(53)39-29-30-45(52-41-25-12-8-19-36(41)37-20-9-13-26-42(37)52)46-38-21-10-14-27-43(38)51(48(39)46)33-17-6-5-7-18-33;1-14(2)11-16-12-17(15-9-7-6-8-10-15)19-13-18(16)20(3,4)5;/h5-28,30-32H,1-4H3;6-9,12-14H,11H2,1-5H3;/q2*-1;. The minimum atomic E-state index is -1.34. The van der Waals surface area contributed by atoms with E-state index in [0.717, 1.165) is 62.5 Å². The van der Waals surface area contributed by atoms with Gasteiger partial charge in [0.25, 0.3) is 0 Å². The van der Waals surface area contributed by atoms with Crippen molar-refractivity contribution in [2.24, 2.45) is 5.92 Å². The maximum Gasteiger partial charge on any atom is 0.0798 e. The first-order chi connectivity index (χ1) is 35.4. The van der Waals surface area contributed by atoms with Crippen molar-refractivity contribution in [2.75, 3.05) is 0 Å². The predicted molar refractivity (Wildman–Crippen MR) is 312 cm³/mol. The zero-order chi connectivity index (χ0) is 50.5. The van der Waals surface area contributed by atoms with Crippen molar-refractivity contribution in [3.05, 3.63) is 217 Å². The van der Waals surface area contributed by atoms with Crippen molar-refractivity contribution in [1.82, 2.24) is 23.7 Å². The molecule has 0 bridgehead atoms. The van der Waals surface area contributed by atoms with Gasteiger partial charge in [0.1, 0.15) is 0 Å². The molecule has 0 amide bonds. The van der Waals surface area contributed by atoms with E-state index >= 15 is 0 Å². The summed E-state index contributed by atoms with van der Waals surface area (Å²) < 4.78 is 7.29. The number of pyridine rings is 1. The van der Waals surface area contributed by atoms with Gasteiger partial charge in [0.05, 0.1) is 24.9 Å². The number of imidazole rings is 1. The first kappa shape index (κ1) is 50.4. The fourth-order valence-corrected chi connectivity index (χ4v) is 12.7. The molecule has 8 aromatic carbocycles. The first-order valence-corrected chi connectivity index (χ1v) is 29.5. The van der Waals surface area contributed by atoms with E-state index < -0.39 is 8.07 Å². The molecule has 0 N–H and O–H groups in total. The van der Waals surface area contributed by atoms with E-state index in [4.69, 9.17) is 4.98 Å². The predicted octanol–water partition coefficient (Wildman–Crippen LogP) is 17.2. The molecule has 0 aliphatic rings. The molecule has 371 valence electrons. The molecule has 0 fully saturated rings. The van der Waals surface area contributed by atoms with E-state index in [-0.39, 0.29) is 20.1 Å². The summed E-state index contributed by atoms with van der Waals surface area (Å²) in [6.07, 6.45) is 3.24. The molecule has 5 nitrogen and oxygen atoms in total. The molecule has 0 unspecified atom stereocenters. The summed E-state index contributed by atoms with van der Waals surface area (Å²) >= 11 is 0. The Hall–Kier alpha value is -7.15. The van der Waals surface area contributed by atoms with E-state index in [9.17, 15) is 0 Å². The number of aromatic nitrogens is 5. The number of benzene rings is 8. The van der Waals surface area contributed by atoms with Gasteiger partial charge in [0.2, 0.25) is 0 Å². The number of para-hydroxylation sites is 7. The van der Waals surface area contributed by atoms with Gasteiger partial charge in [-0.15, -0.1) is 48.0 Å². The van der Waals surface area contributed by atoms with Crippen LogP contribution in [-0.2, 0) is 26.5 Å². The van der Waals surface area contributed by atoms with Crippen molar-refractivity contribution in [3.8, 4) is 39.7 Å². The molecule has 4 aromatic heterocycles. The van der Waals surface area contributed by atoms with Gasteiger partial charge >= 0.3 is 0 Å². The molecule has 74 heavy (non-hydrogen) atoms. The Kier molecular flexibility index (Phi) is 14.0. The average Bonchev–Trinajstić information content (AvgIpc) is 4.07. The summed E-state index contributed by atoms with van der Waals surface area (Å²) in [4.78, 5) is 10.2. The van der Waals surface area contributed by atoms with Crippen molar-refractivity contribution >= 4 is 67.9 Å². The van der Waals surface area contributed by atoms with Gasteiger partial charge in [-0.05, 0) is 105 Å². The Bertz CT molecular complexity index is 3890. The summed E-state index contributed by atoms with van der Waals surface area (Å²) in [5.74, 6) is 2.19. The van der Waals surface area contributed by atoms with E-state index in [1.807, 2.05) is 18.2 Å². The Balaban J connectivity index is 0.000000252. The second-order valence-corrected chi connectivity index (χ2v) is 26.6. The Morgan fingerprint density at radius 1 is 0.554 bits per heavy atom. The quantitative estimate of drug-likeness (QED) is 0.101. The number of rotatable bonds is 10. The van der Waals surface area contributed by atoms with Crippen LogP contribution in [0.15, 0.2) is 188 Å². The molecular weight excluding hydrogens is 1100 g/mol. The van der Waals surface area contributed by atoms with Gasteiger partial charge in [0.15, 0.2) is 0 Å². The van der Waals surface area contributed by atoms with E-state index in [1.165, 1.54) is 60.1 Å². The van der Waals surface area contributed by atoms with Crippen LogP contribution in [0.1, 0.15) is 70.1 Å². The summed E-state index contributed by atoms with van der Waals surface area (Å²) in [5.41, 5.74) is 17.2. The Labute approximate surface area is 450 Å². The average molecular weight is 1160 g/mol. The van der Waals surface area contributed by atoms with Crippen molar-refractivity contribution in [2.45, 2.75) is 79.4 Å². The Morgan fingerprint density at radius 3 is 1.72 bits per heavy atom. The zero-order valence-electron chi connectivity index (χ0n) is 43.9. The van der Waals surface area contributed by atoms with Crippen LogP contribution in [0.2, 0.25) is 19.6 Å². The monoisotopic (exact) mass is 1160 g/mol. The van der Waals surface area contributed by atoms with Gasteiger partial charge in [-0.3, -0.25) is 4.98 Å². The molecule has 0 aliphatic carbocycles. The summed E-state index contributed by atoms with van der Waals surface area (Å²) in [6.45, 7) is 20.9. The number of fused-ring (bicyclic) bond motifs is 7. The van der Waals surface area contributed by atoms with Crippen molar-refractivity contribution in [3.63, 3.8) is 0 Å². The van der Waals surface area contributed by atoms with Crippen LogP contribution < -0.4 is 5.19 Å². The van der Waals surface area contributed by atoms with Crippen LogP contribution in [0.3, 0.4) is 0 Å². The van der Waals surface area contributed by atoms with Crippen LogP contribution in [0.4, 0.5) is 0 Å². The molecule has 0 spiro atoms. The molecule has 7 heteroatoms. The largest absolute Gasteiger partial charge is 0.351 e. The van der Waals surface area contributed by atoms with Crippen LogP contribution in [0.5, 0.6) is 0 Å². The van der Waals surface area contributed by atoms with E-state index in [0.29, 0.717) is 17.8 Å². The molecule has 0 saturated carbocycles. The minimum Gasteiger partial charge on any atom is -0.351 e. The summed E-state index contributed by atoms with van der Waals surface area (Å²) in [6, 6.07) is 72.2. The fourth-order valence-electron chi connectivity index (χ4n) is 11.1. The molecule has 12 rings (SSSR count). The maximum absolute atomic E-state index is 5.52. The van der Waals surface area contributed by atoms with Gasteiger partial charge in [-0.1, -0.05) is 187 Å². The molecule has 0 saturated heterocycles. The first-order valence-electron chi connectivity index (χ1n) is 26.0. The summed E-state index contributed by atoms with van der Waals surface area (Å²) in [5, 5.41) is 6.32. The van der Waals surface area contributed by atoms with Gasteiger partial charge in [-0.25, -0.2) is 0 Å². The SMILES string of the molecule is CC(C)Cc1cc(-c2[c-]cccc2)ncc1[Si](C)(C)C.CC(C)c1cccc(C(C)C)c1-n1c(-c2[c-]cc(-n3c4ccccc4c4ccccc43)c3c4ccccc4n(-c4ccccc4)c23)nc2ccccc21.[Ir]. The molecular formula is C67H63IrN5Si-2. The normalized spacial score (nSPS) is 11.9. The zero-order valence-corrected chi connectivity index (χ0v) is 47.3. The fraction of sp³-hybridized carbons (Fsp3) is 0.194. The number of hydrogen-bond donors (Lipinski definition) is 0. The van der Waals surface area contributed by atoms with E-state index in [1.54, 1.807) is 0 Å². The third kappa shape index (κ3) is 9.06. The third-order valence-corrected chi connectivity index (χ3v) is 16.4. The van der Waals surface area contributed by atoms with Gasteiger partial charge < -0.3 is 18.7 Å². The van der Waals surface area contributed by atoms with Crippen molar-refractivity contribution < 1.29 is 20.1 Å². The second-order valence-electron chi connectivity index (χ2n) is 21.5.